The van der Waals surface area contributed by atoms with Gasteiger partial charge in [0.15, 0.2) is 0 Å². The van der Waals surface area contributed by atoms with Gasteiger partial charge in [-0.25, -0.2) is 0 Å². The molecule has 15 N–H and O–H groups in total. The number of carboxylic acids is 3. The number of ketones is 1. The van der Waals surface area contributed by atoms with E-state index in [1.54, 1.807) is 72.1 Å². The van der Waals surface area contributed by atoms with E-state index in [0.717, 1.165) is 12.5 Å². The molecule has 90 heavy (non-hydrogen) atoms. The third kappa shape index (κ3) is 26.6. The number of nitrogens with zero attached hydrogens (tertiary/aromatic N) is 1. The van der Waals surface area contributed by atoms with E-state index < -0.39 is 199 Å². The van der Waals surface area contributed by atoms with E-state index in [-0.39, 0.29) is 57.2 Å². The molecule has 1 aliphatic rings. The van der Waals surface area contributed by atoms with Gasteiger partial charge in [-0.15, -0.1) is 0 Å². The van der Waals surface area contributed by atoms with Crippen LogP contribution in [-0.4, -0.2) is 200 Å². The highest BCUT2D eigenvalue weighted by atomic mass is 32.2. The summed E-state index contributed by atoms with van der Waals surface area (Å²) in [6, 6.07) is -7.25. The maximum absolute atomic E-state index is 14.4. The van der Waals surface area contributed by atoms with Gasteiger partial charge in [0.2, 0.25) is 70.8 Å². The monoisotopic (exact) mass is 1290 g/mol. The van der Waals surface area contributed by atoms with Gasteiger partial charge in [0.1, 0.15) is 54.4 Å². The molecule has 31 nitrogen and oxygen atoms in total. The summed E-state index contributed by atoms with van der Waals surface area (Å²) >= 11 is 1.27. The Labute approximate surface area is 525 Å². The van der Waals surface area contributed by atoms with Crippen LogP contribution in [0.3, 0.4) is 0 Å². The van der Waals surface area contributed by atoms with Crippen molar-refractivity contribution < 1.29 is 92.0 Å². The first-order valence-electron chi connectivity index (χ1n) is 29.6. The molecular formula is C58H88N12O19S. The number of aryl methyl sites for hydroxylation is 1. The number of thioether (sulfide) groups is 1. The molecule has 500 valence electrons. The topological polar surface area (TPSA) is 483 Å². The number of hydrogen-bond acceptors (Lipinski definition) is 17. The minimum absolute atomic E-state index is 0.0233. The zero-order valence-electron chi connectivity index (χ0n) is 52.2. The van der Waals surface area contributed by atoms with Crippen molar-refractivity contribution in [2.45, 2.75) is 193 Å². The zero-order chi connectivity index (χ0) is 68.1. The van der Waals surface area contributed by atoms with Crippen molar-refractivity contribution in [3.05, 3.63) is 35.4 Å². The standard InChI is InChI=1S/C58H88N12O19S/c1-10-13-35(48(79)57(88)60-28-42(72)62-38(23-25-90-9)51(82)67-40(27-45(77)78)54(85)66-39(26-33-17-15-31(7)16-18-33)53(84)63-34(11-2)49(59)80)64-55(86)41-14-12-24-70(41)58(89)47(30(5)6)69-56(87)46(29(3)4)68-52(83)37(20-22-44(75)76)65-50(81)36(61-32(8)71)19-21-43(73)74/h15-18,29-30,34-41,46-47H,10-14,19-28H2,1-9H3,(H2,59,80)(H,60,88)(H,61,71)(H,62,72)(H,63,84)(H,64,86)(H,65,81)(H,66,85)(H,67,82)(H,68,83)(H,69,87)(H,73,74)(H,75,76)(H,77,78)/t34-,35-,36-,37-,38+,39-,40+,41-,46-,47-/m0/s1. The average molecular weight is 1290 g/mol. The second kappa shape index (κ2) is 38.6. The Hall–Kier alpha value is -8.71. The lowest BCUT2D eigenvalue weighted by atomic mass is 9.98. The smallest absolute Gasteiger partial charge is 0.305 e. The van der Waals surface area contributed by atoms with Gasteiger partial charge in [0.05, 0.1) is 19.0 Å². The molecule has 0 aromatic heterocycles. The van der Waals surface area contributed by atoms with Crippen LogP contribution >= 0.6 is 11.8 Å². The van der Waals surface area contributed by atoms with Gasteiger partial charge in [0, 0.05) is 32.7 Å². The molecule has 0 aliphatic carbocycles. The van der Waals surface area contributed by atoms with Gasteiger partial charge in [-0.05, 0) is 81.3 Å². The molecule has 0 unspecified atom stereocenters. The number of nitrogens with one attached hydrogen (secondary N) is 10. The highest BCUT2D eigenvalue weighted by molar-refractivity contribution is 7.98. The summed E-state index contributed by atoms with van der Waals surface area (Å²) in [4.78, 5) is 211. The van der Waals surface area contributed by atoms with Crippen molar-refractivity contribution >= 4 is 106 Å². The molecule has 0 spiro atoms. The lowest BCUT2D eigenvalue weighted by Crippen LogP contribution is -2.61. The predicted octanol–water partition coefficient (Wildman–Crippen LogP) is -2.44. The Bertz CT molecular complexity index is 2770. The lowest BCUT2D eigenvalue weighted by Gasteiger charge is -2.33. The summed E-state index contributed by atoms with van der Waals surface area (Å²) in [5, 5.41) is 52.5. The van der Waals surface area contributed by atoms with Crippen molar-refractivity contribution in [2.24, 2.45) is 17.6 Å². The Kier molecular flexibility index (Phi) is 33.2. The summed E-state index contributed by atoms with van der Waals surface area (Å²) in [5.41, 5.74) is 6.91. The van der Waals surface area contributed by atoms with E-state index in [9.17, 15) is 86.9 Å². The number of likely N-dealkylation sites (tertiary alicyclic amines) is 1. The summed E-state index contributed by atoms with van der Waals surface area (Å²) in [5.74, 6) is -17.6. The van der Waals surface area contributed by atoms with Crippen LogP contribution in [0.1, 0.15) is 130 Å². The first kappa shape index (κ1) is 77.4. The number of hydrogen-bond donors (Lipinski definition) is 14. The van der Waals surface area contributed by atoms with Crippen LogP contribution in [0.4, 0.5) is 0 Å². The molecule has 2 rings (SSSR count). The molecule has 0 bridgehead atoms. The van der Waals surface area contributed by atoms with E-state index in [1.807, 2.05) is 6.92 Å². The number of primary amides is 1. The van der Waals surface area contributed by atoms with Crippen LogP contribution in [0, 0.1) is 18.8 Å². The maximum atomic E-state index is 14.4. The minimum atomic E-state index is -1.81. The highest BCUT2D eigenvalue weighted by Gasteiger charge is 2.42. The van der Waals surface area contributed by atoms with Crippen molar-refractivity contribution in [1.29, 1.82) is 0 Å². The van der Waals surface area contributed by atoms with Crippen LogP contribution in [0.5, 0.6) is 0 Å². The number of carbonyl (C=O) groups excluding carboxylic acids is 13. The molecule has 1 aliphatic heterocycles. The molecule has 32 heteroatoms. The molecule has 12 amide bonds. The molecule has 10 atom stereocenters. The Balaban J connectivity index is 2.24. The fourth-order valence-electron chi connectivity index (χ4n) is 9.34. The van der Waals surface area contributed by atoms with Crippen molar-refractivity contribution in [3.63, 3.8) is 0 Å². The van der Waals surface area contributed by atoms with Crippen LogP contribution in [0.25, 0.3) is 0 Å². The summed E-state index contributed by atoms with van der Waals surface area (Å²) in [6.45, 7) is 11.6. The lowest BCUT2D eigenvalue weighted by molar-refractivity contribution is -0.144. The van der Waals surface area contributed by atoms with E-state index in [4.69, 9.17) is 10.8 Å². The summed E-state index contributed by atoms with van der Waals surface area (Å²) in [7, 11) is 0. The number of aliphatic carboxylic acids is 3. The SMILES string of the molecule is CCC[C@H](NC(=O)[C@@H]1CCCN1C(=O)[C@@H](NC(=O)[C@@H](NC(=O)[C@H](CCC(=O)O)NC(=O)[C@H](CCC(=O)O)NC(C)=O)C(C)C)C(C)C)C(=O)C(=O)NCC(=O)N[C@H](CCSC)C(=O)N[C@H](CC(=O)O)C(=O)N[C@@H](Cc1ccc(C)cc1)C(=O)N[C@@H](CC)C(N)=O. The minimum Gasteiger partial charge on any atom is -0.481 e. The molecule has 1 heterocycles. The third-order valence-electron chi connectivity index (χ3n) is 14.3. The normalized spacial score (nSPS) is 15.7. The van der Waals surface area contributed by atoms with Crippen molar-refractivity contribution in [1.82, 2.24) is 58.1 Å². The zero-order valence-corrected chi connectivity index (χ0v) is 53.0. The molecule has 1 fully saturated rings. The van der Waals surface area contributed by atoms with E-state index >= 15 is 0 Å². The molecular weight excluding hydrogens is 1200 g/mol. The number of amides is 12. The van der Waals surface area contributed by atoms with Gasteiger partial charge in [-0.2, -0.15) is 11.8 Å². The van der Waals surface area contributed by atoms with Gasteiger partial charge in [0.25, 0.3) is 5.91 Å². The summed E-state index contributed by atoms with van der Waals surface area (Å²) < 4.78 is 0. The van der Waals surface area contributed by atoms with E-state index in [1.165, 1.54) is 16.7 Å². The fourth-order valence-corrected chi connectivity index (χ4v) is 9.82. The van der Waals surface area contributed by atoms with Crippen LogP contribution in [-0.2, 0) is 83.1 Å². The molecule has 1 aromatic carbocycles. The van der Waals surface area contributed by atoms with Gasteiger partial charge in [-0.1, -0.05) is 77.8 Å². The second-order valence-electron chi connectivity index (χ2n) is 22.4. The van der Waals surface area contributed by atoms with Gasteiger partial charge >= 0.3 is 17.9 Å². The van der Waals surface area contributed by atoms with Crippen LogP contribution < -0.4 is 58.9 Å². The molecule has 0 saturated carbocycles. The Morgan fingerprint density at radius 3 is 1.60 bits per heavy atom. The first-order chi connectivity index (χ1) is 42.2. The number of rotatable bonds is 40. The molecule has 0 radical (unpaired) electrons. The second-order valence-corrected chi connectivity index (χ2v) is 23.4. The van der Waals surface area contributed by atoms with E-state index in [0.29, 0.717) is 12.0 Å². The van der Waals surface area contributed by atoms with Gasteiger partial charge in [-0.3, -0.25) is 76.7 Å². The number of carbonyl (C=O) groups is 16. The quantitative estimate of drug-likeness (QED) is 0.0304. The molecule has 1 saturated heterocycles. The van der Waals surface area contributed by atoms with Crippen LogP contribution in [0.2, 0.25) is 0 Å². The fraction of sp³-hybridized carbons (Fsp3) is 0.621. The van der Waals surface area contributed by atoms with Crippen LogP contribution in [0.15, 0.2) is 24.3 Å². The van der Waals surface area contributed by atoms with Crippen molar-refractivity contribution in [2.75, 3.05) is 25.1 Å². The van der Waals surface area contributed by atoms with E-state index in [2.05, 4.69) is 53.2 Å². The molecule has 1 aromatic rings. The number of Topliss-reactive ketones (excluding diaryl/α,β-unsaturated/α-hetero) is 1. The summed E-state index contributed by atoms with van der Waals surface area (Å²) in [6.07, 6.45) is -0.817. The predicted molar refractivity (Wildman–Crippen MR) is 324 cm³/mol. The Morgan fingerprint density at radius 1 is 0.589 bits per heavy atom. The van der Waals surface area contributed by atoms with Gasteiger partial charge < -0.3 is 79.1 Å². The van der Waals surface area contributed by atoms with Crippen molar-refractivity contribution in [3.8, 4) is 0 Å². The Morgan fingerprint density at radius 2 is 1.09 bits per heavy atom. The third-order valence-corrected chi connectivity index (χ3v) is 15.0. The number of nitrogens with two attached hydrogens (primary N) is 1. The first-order valence-corrected chi connectivity index (χ1v) is 30.9. The average Bonchev–Trinajstić information content (AvgIpc) is 2.22. The highest BCUT2D eigenvalue weighted by Crippen LogP contribution is 2.22. The largest absolute Gasteiger partial charge is 0.481 e. The number of benzene rings is 1. The number of carboxylic acid groups (broad SMARTS) is 3. The maximum Gasteiger partial charge on any atom is 0.305 e.